The number of aromatic carboxylic acids is 1. The van der Waals surface area contributed by atoms with E-state index >= 15 is 0 Å². The van der Waals surface area contributed by atoms with Crippen LogP contribution in [0.3, 0.4) is 0 Å². The molecule has 0 saturated carbocycles. The first-order valence-electron chi connectivity index (χ1n) is 4.16. The van der Waals surface area contributed by atoms with Crippen molar-refractivity contribution in [2.45, 2.75) is 12.8 Å². The highest BCUT2D eigenvalue weighted by atomic mass is 19.4. The third-order valence-electron chi connectivity index (χ3n) is 1.71. The molecule has 18 heavy (non-hydrogen) atoms. The lowest BCUT2D eigenvalue weighted by Gasteiger charge is -2.13. The van der Waals surface area contributed by atoms with Crippen LogP contribution in [0.5, 0.6) is 5.88 Å². The first-order valence-corrected chi connectivity index (χ1v) is 4.16. The van der Waals surface area contributed by atoms with E-state index in [1.165, 1.54) is 4.98 Å². The zero-order valence-electron chi connectivity index (χ0n) is 8.22. The van der Waals surface area contributed by atoms with Crippen molar-refractivity contribution in [2.24, 2.45) is 0 Å². The predicted octanol–water partition coefficient (Wildman–Crippen LogP) is 1.91. The number of carboxylic acids is 1. The second-order valence-electron chi connectivity index (χ2n) is 2.94. The van der Waals surface area contributed by atoms with Crippen molar-refractivity contribution in [3.05, 3.63) is 27.5 Å². The molecule has 1 rings (SSSR count). The molecule has 1 aromatic rings. The first kappa shape index (κ1) is 13.9. The average molecular weight is 273 g/mol. The lowest BCUT2D eigenvalue weighted by atomic mass is 10.1. The second-order valence-corrected chi connectivity index (χ2v) is 2.94. The van der Waals surface area contributed by atoms with E-state index in [0.29, 0.717) is 0 Å². The van der Waals surface area contributed by atoms with Gasteiger partial charge in [0.15, 0.2) is 0 Å². The molecule has 0 atom stereocenters. The summed E-state index contributed by atoms with van der Waals surface area (Å²) in [4.78, 5) is 22.8. The van der Waals surface area contributed by atoms with Gasteiger partial charge in [-0.3, -0.25) is 9.78 Å². The molecule has 0 radical (unpaired) electrons. The maximum absolute atomic E-state index is 12.5. The number of hydrogen-bond donors (Lipinski definition) is 2. The molecule has 0 unspecified atom stereocenters. The van der Waals surface area contributed by atoms with E-state index in [1.54, 1.807) is 0 Å². The van der Waals surface area contributed by atoms with E-state index in [1.807, 2.05) is 0 Å². The van der Waals surface area contributed by atoms with E-state index < -0.39 is 41.3 Å². The van der Waals surface area contributed by atoms with E-state index in [0.717, 1.165) is 0 Å². The molecule has 0 saturated heterocycles. The SMILES string of the molecule is O=C(O)c1cc(=O)[nH]c(OC(F)(F)F)c1C(F)F. The quantitative estimate of drug-likeness (QED) is 0.824. The Morgan fingerprint density at radius 1 is 1.39 bits per heavy atom. The number of pyridine rings is 1. The number of H-pyrrole nitrogens is 1. The molecule has 0 bridgehead atoms. The van der Waals surface area contributed by atoms with Gasteiger partial charge in [0, 0.05) is 6.07 Å². The van der Waals surface area contributed by atoms with Crippen LogP contribution >= 0.6 is 0 Å². The van der Waals surface area contributed by atoms with Crippen molar-refractivity contribution in [3.8, 4) is 5.88 Å². The van der Waals surface area contributed by atoms with Crippen molar-refractivity contribution in [3.63, 3.8) is 0 Å². The van der Waals surface area contributed by atoms with Crippen LogP contribution in [-0.2, 0) is 0 Å². The van der Waals surface area contributed by atoms with E-state index in [2.05, 4.69) is 4.74 Å². The molecule has 1 heterocycles. The Bertz CT molecular complexity index is 521. The predicted molar refractivity (Wildman–Crippen MR) is 45.7 cm³/mol. The van der Waals surface area contributed by atoms with Gasteiger partial charge in [0.25, 0.3) is 12.0 Å². The molecule has 0 amide bonds. The Balaban J connectivity index is 3.49. The number of hydrogen-bond acceptors (Lipinski definition) is 3. The van der Waals surface area contributed by atoms with Crippen LogP contribution < -0.4 is 10.3 Å². The van der Waals surface area contributed by atoms with Gasteiger partial charge in [-0.05, 0) is 0 Å². The number of carboxylic acid groups (broad SMARTS) is 1. The fourth-order valence-electron chi connectivity index (χ4n) is 1.14. The van der Waals surface area contributed by atoms with Gasteiger partial charge in [-0.25, -0.2) is 13.6 Å². The fourth-order valence-corrected chi connectivity index (χ4v) is 1.14. The van der Waals surface area contributed by atoms with Gasteiger partial charge in [0.05, 0.1) is 11.1 Å². The van der Waals surface area contributed by atoms with Gasteiger partial charge >= 0.3 is 12.3 Å². The first-order chi connectivity index (χ1) is 8.11. The van der Waals surface area contributed by atoms with Gasteiger partial charge in [-0.2, -0.15) is 0 Å². The number of rotatable bonds is 3. The summed E-state index contributed by atoms with van der Waals surface area (Å²) in [5.74, 6) is -3.61. The summed E-state index contributed by atoms with van der Waals surface area (Å²) in [7, 11) is 0. The summed E-state index contributed by atoms with van der Waals surface area (Å²) in [6, 6.07) is 0.243. The number of nitrogens with one attached hydrogen (secondary N) is 1. The van der Waals surface area contributed by atoms with Crippen LogP contribution in [0.2, 0.25) is 0 Å². The molecular weight excluding hydrogens is 269 g/mol. The lowest BCUT2D eigenvalue weighted by Crippen LogP contribution is -2.23. The zero-order valence-corrected chi connectivity index (χ0v) is 8.22. The van der Waals surface area contributed by atoms with Crippen LogP contribution in [-0.4, -0.2) is 22.4 Å². The highest BCUT2D eigenvalue weighted by molar-refractivity contribution is 5.90. The van der Waals surface area contributed by atoms with Crippen LogP contribution in [0.4, 0.5) is 22.0 Å². The van der Waals surface area contributed by atoms with Crippen molar-refractivity contribution < 1.29 is 36.6 Å². The molecule has 0 fully saturated rings. The molecule has 0 aliphatic heterocycles. The fraction of sp³-hybridized carbons (Fsp3) is 0.250. The van der Waals surface area contributed by atoms with Crippen LogP contribution in [0, 0.1) is 0 Å². The monoisotopic (exact) mass is 273 g/mol. The molecule has 0 aliphatic carbocycles. The second kappa shape index (κ2) is 4.63. The maximum Gasteiger partial charge on any atom is 0.574 e. The van der Waals surface area contributed by atoms with Gasteiger partial charge < -0.3 is 9.84 Å². The van der Waals surface area contributed by atoms with E-state index in [4.69, 9.17) is 5.11 Å². The molecule has 10 heteroatoms. The topological polar surface area (TPSA) is 79.4 Å². The zero-order chi connectivity index (χ0) is 14.1. The van der Waals surface area contributed by atoms with Crippen molar-refractivity contribution >= 4 is 5.97 Å². The smallest absolute Gasteiger partial charge is 0.478 e. The Morgan fingerprint density at radius 2 is 1.94 bits per heavy atom. The van der Waals surface area contributed by atoms with Gasteiger partial charge in [0.1, 0.15) is 0 Å². The Labute approximate surface area is 94.8 Å². The number of carbonyl (C=O) groups is 1. The summed E-state index contributed by atoms with van der Waals surface area (Å²) < 4.78 is 64.0. The van der Waals surface area contributed by atoms with E-state index in [-0.39, 0.29) is 6.07 Å². The molecule has 0 aliphatic rings. The summed E-state index contributed by atoms with van der Waals surface area (Å²) in [6.45, 7) is 0. The maximum atomic E-state index is 12.5. The standard InChI is InChI=1S/C8H4F5NO4/c9-5(10)4-2(7(16)17)1-3(15)14-6(4)18-8(11,12)13/h1,5H,(H,14,15)(H,16,17). The van der Waals surface area contributed by atoms with Crippen LogP contribution in [0.1, 0.15) is 22.3 Å². The van der Waals surface area contributed by atoms with Crippen LogP contribution in [0.25, 0.3) is 0 Å². The number of aromatic nitrogens is 1. The normalized spacial score (nSPS) is 11.7. The molecule has 5 nitrogen and oxygen atoms in total. The lowest BCUT2D eigenvalue weighted by molar-refractivity contribution is -0.276. The minimum atomic E-state index is -5.34. The molecule has 0 spiro atoms. The van der Waals surface area contributed by atoms with Gasteiger partial charge in [-0.15, -0.1) is 13.2 Å². The van der Waals surface area contributed by atoms with E-state index in [9.17, 15) is 31.5 Å². The Morgan fingerprint density at radius 3 is 2.33 bits per heavy atom. The molecule has 0 aromatic carbocycles. The number of aromatic amines is 1. The largest absolute Gasteiger partial charge is 0.574 e. The molecule has 2 N–H and O–H groups in total. The van der Waals surface area contributed by atoms with Gasteiger partial charge in [0.2, 0.25) is 5.88 Å². The highest BCUT2D eigenvalue weighted by Gasteiger charge is 2.35. The summed E-state index contributed by atoms with van der Waals surface area (Å²) in [5.41, 5.74) is -4.11. The summed E-state index contributed by atoms with van der Waals surface area (Å²) in [6.07, 6.45) is -8.91. The Hall–Kier alpha value is -2.13. The number of halogens is 5. The van der Waals surface area contributed by atoms with Gasteiger partial charge in [-0.1, -0.05) is 0 Å². The molecule has 1 aromatic heterocycles. The third-order valence-corrected chi connectivity index (χ3v) is 1.71. The van der Waals surface area contributed by atoms with Crippen molar-refractivity contribution in [1.82, 2.24) is 4.98 Å². The Kier molecular flexibility index (Phi) is 3.58. The van der Waals surface area contributed by atoms with Crippen LogP contribution in [0.15, 0.2) is 10.9 Å². The third kappa shape index (κ3) is 3.18. The highest BCUT2D eigenvalue weighted by Crippen LogP contribution is 2.32. The number of alkyl halides is 5. The molecular formula is C8H4F5NO4. The summed E-state index contributed by atoms with van der Waals surface area (Å²) in [5, 5.41) is 8.54. The minimum Gasteiger partial charge on any atom is -0.478 e. The summed E-state index contributed by atoms with van der Waals surface area (Å²) >= 11 is 0. The minimum absolute atomic E-state index is 0.243. The molecule has 100 valence electrons. The number of ether oxygens (including phenoxy) is 1. The average Bonchev–Trinajstić information content (AvgIpc) is 2.12. The van der Waals surface area contributed by atoms with Crippen molar-refractivity contribution in [1.29, 1.82) is 0 Å². The van der Waals surface area contributed by atoms with Crippen molar-refractivity contribution in [2.75, 3.05) is 0 Å².